The van der Waals surface area contributed by atoms with Gasteiger partial charge in [-0.25, -0.2) is 0 Å². The molecule has 0 fully saturated rings. The number of benzene rings is 1. The largest absolute Gasteiger partial charge is 0.497 e. The first kappa shape index (κ1) is 14.9. The van der Waals surface area contributed by atoms with Crippen molar-refractivity contribution in [2.45, 2.75) is 6.42 Å². The Morgan fingerprint density at radius 3 is 2.86 bits per heavy atom. The molecule has 1 heterocycles. The fourth-order valence-electron chi connectivity index (χ4n) is 2.02. The average molecular weight is 289 g/mol. The van der Waals surface area contributed by atoms with E-state index in [1.165, 1.54) is 7.11 Å². The lowest BCUT2D eigenvalue weighted by atomic mass is 10.1. The van der Waals surface area contributed by atoms with Crippen LogP contribution in [0.15, 0.2) is 30.5 Å². The minimum Gasteiger partial charge on any atom is -0.497 e. The molecule has 1 aromatic heterocycles. The Kier molecular flexibility index (Phi) is 4.81. The van der Waals surface area contributed by atoms with E-state index in [9.17, 15) is 4.79 Å². The van der Waals surface area contributed by atoms with E-state index in [1.807, 2.05) is 24.3 Å². The number of rotatable bonds is 6. The van der Waals surface area contributed by atoms with Crippen molar-refractivity contribution in [1.82, 2.24) is 15.1 Å². The van der Waals surface area contributed by atoms with Crippen LogP contribution in [0, 0.1) is 0 Å². The molecule has 0 aliphatic rings. The van der Waals surface area contributed by atoms with Gasteiger partial charge in [0.15, 0.2) is 0 Å². The predicted octanol–water partition coefficient (Wildman–Crippen LogP) is 1.41. The Labute approximate surface area is 123 Å². The molecule has 0 atom stereocenters. The second-order valence-electron chi connectivity index (χ2n) is 4.58. The standard InChI is InChI=1S/C15H19N3O3/c1-18-10-13(15(17-18)21-3)14(19)16-8-7-11-5-4-6-12(9-11)20-2/h4-6,9-10H,7-8H2,1-3H3,(H,16,19). The number of hydrogen-bond acceptors (Lipinski definition) is 4. The van der Waals surface area contributed by atoms with Crippen molar-refractivity contribution in [3.63, 3.8) is 0 Å². The molecule has 21 heavy (non-hydrogen) atoms. The van der Waals surface area contributed by atoms with Gasteiger partial charge >= 0.3 is 0 Å². The number of nitrogens with zero attached hydrogens (tertiary/aromatic N) is 2. The first-order chi connectivity index (χ1) is 10.1. The molecule has 2 aromatic rings. The SMILES string of the molecule is COc1cccc(CCNC(=O)c2cn(C)nc2OC)c1. The van der Waals surface area contributed by atoms with Crippen molar-refractivity contribution in [3.8, 4) is 11.6 Å². The molecule has 0 radical (unpaired) electrons. The van der Waals surface area contributed by atoms with Crippen LogP contribution < -0.4 is 14.8 Å². The smallest absolute Gasteiger partial charge is 0.258 e. The highest BCUT2D eigenvalue weighted by atomic mass is 16.5. The van der Waals surface area contributed by atoms with Gasteiger partial charge in [0, 0.05) is 19.8 Å². The summed E-state index contributed by atoms with van der Waals surface area (Å²) in [5.74, 6) is 0.951. The summed E-state index contributed by atoms with van der Waals surface area (Å²) in [6.45, 7) is 0.532. The van der Waals surface area contributed by atoms with Gasteiger partial charge in [-0.15, -0.1) is 5.10 Å². The molecule has 0 aliphatic heterocycles. The van der Waals surface area contributed by atoms with Crippen LogP contribution in [0.1, 0.15) is 15.9 Å². The summed E-state index contributed by atoms with van der Waals surface area (Å²) in [6.07, 6.45) is 2.37. The highest BCUT2D eigenvalue weighted by Crippen LogP contribution is 2.15. The molecular formula is C15H19N3O3. The lowest BCUT2D eigenvalue weighted by Crippen LogP contribution is -2.25. The predicted molar refractivity (Wildman–Crippen MR) is 78.8 cm³/mol. The van der Waals surface area contributed by atoms with Gasteiger partial charge in [-0.05, 0) is 24.1 Å². The topological polar surface area (TPSA) is 65.4 Å². The van der Waals surface area contributed by atoms with Crippen LogP contribution in [0.5, 0.6) is 11.6 Å². The summed E-state index contributed by atoms with van der Waals surface area (Å²) in [4.78, 5) is 12.1. The van der Waals surface area contributed by atoms with Gasteiger partial charge in [-0.2, -0.15) is 0 Å². The molecule has 0 aliphatic carbocycles. The molecule has 1 amide bonds. The fraction of sp³-hybridized carbons (Fsp3) is 0.333. The number of methoxy groups -OCH3 is 2. The number of carbonyl (C=O) groups is 1. The van der Waals surface area contributed by atoms with Crippen LogP contribution in [0.3, 0.4) is 0 Å². The van der Waals surface area contributed by atoms with Crippen molar-refractivity contribution >= 4 is 5.91 Å². The molecule has 1 N–H and O–H groups in total. The Bertz CT molecular complexity index is 622. The lowest BCUT2D eigenvalue weighted by molar-refractivity contribution is 0.0951. The first-order valence-corrected chi connectivity index (χ1v) is 6.63. The van der Waals surface area contributed by atoms with Crippen LogP contribution in [-0.4, -0.2) is 36.5 Å². The molecule has 0 unspecified atom stereocenters. The van der Waals surface area contributed by atoms with Gasteiger partial charge in [-0.3, -0.25) is 9.48 Å². The van der Waals surface area contributed by atoms with Crippen LogP contribution in [0.4, 0.5) is 0 Å². The van der Waals surface area contributed by atoms with E-state index >= 15 is 0 Å². The van der Waals surface area contributed by atoms with E-state index in [-0.39, 0.29) is 5.91 Å². The maximum absolute atomic E-state index is 12.1. The highest BCUT2D eigenvalue weighted by Gasteiger charge is 2.15. The third kappa shape index (κ3) is 3.75. The number of amides is 1. The maximum Gasteiger partial charge on any atom is 0.258 e. The van der Waals surface area contributed by atoms with Gasteiger partial charge < -0.3 is 14.8 Å². The van der Waals surface area contributed by atoms with Gasteiger partial charge in [0.05, 0.1) is 14.2 Å². The zero-order chi connectivity index (χ0) is 15.2. The highest BCUT2D eigenvalue weighted by molar-refractivity contribution is 5.96. The van der Waals surface area contributed by atoms with Crippen LogP contribution in [-0.2, 0) is 13.5 Å². The molecule has 0 bridgehead atoms. The van der Waals surface area contributed by atoms with Gasteiger partial charge in [0.2, 0.25) is 5.88 Å². The zero-order valence-electron chi connectivity index (χ0n) is 12.4. The summed E-state index contributed by atoms with van der Waals surface area (Å²) in [5.41, 5.74) is 1.54. The molecule has 6 nitrogen and oxygen atoms in total. The van der Waals surface area contributed by atoms with E-state index in [1.54, 1.807) is 25.0 Å². The van der Waals surface area contributed by atoms with E-state index in [2.05, 4.69) is 10.4 Å². The molecule has 6 heteroatoms. The Morgan fingerprint density at radius 1 is 1.33 bits per heavy atom. The first-order valence-electron chi connectivity index (χ1n) is 6.63. The minimum absolute atomic E-state index is 0.192. The summed E-state index contributed by atoms with van der Waals surface area (Å²) in [5, 5.41) is 6.92. The van der Waals surface area contributed by atoms with E-state index in [0.717, 1.165) is 17.7 Å². The van der Waals surface area contributed by atoms with Crippen molar-refractivity contribution in [3.05, 3.63) is 41.6 Å². The molecule has 0 saturated heterocycles. The van der Waals surface area contributed by atoms with Crippen molar-refractivity contribution in [1.29, 1.82) is 0 Å². The average Bonchev–Trinajstić information content (AvgIpc) is 2.88. The monoisotopic (exact) mass is 289 g/mol. The molecule has 0 spiro atoms. The summed E-state index contributed by atoms with van der Waals surface area (Å²) < 4.78 is 11.8. The van der Waals surface area contributed by atoms with Gasteiger partial charge in [0.1, 0.15) is 11.3 Å². The van der Waals surface area contributed by atoms with Crippen molar-refractivity contribution < 1.29 is 14.3 Å². The normalized spacial score (nSPS) is 10.2. The third-order valence-electron chi connectivity index (χ3n) is 3.07. The van der Waals surface area contributed by atoms with Crippen molar-refractivity contribution in [2.75, 3.05) is 20.8 Å². The van der Waals surface area contributed by atoms with E-state index in [4.69, 9.17) is 9.47 Å². The quantitative estimate of drug-likeness (QED) is 0.873. The second kappa shape index (κ2) is 6.78. The molecule has 1 aromatic carbocycles. The Balaban J connectivity index is 1.92. The summed E-state index contributed by atoms with van der Waals surface area (Å²) in [7, 11) is 4.88. The van der Waals surface area contributed by atoms with E-state index < -0.39 is 0 Å². The van der Waals surface area contributed by atoms with Crippen LogP contribution in [0.2, 0.25) is 0 Å². The zero-order valence-corrected chi connectivity index (χ0v) is 12.4. The maximum atomic E-state index is 12.1. The molecule has 2 rings (SSSR count). The van der Waals surface area contributed by atoms with Crippen LogP contribution in [0.25, 0.3) is 0 Å². The number of ether oxygens (including phenoxy) is 2. The van der Waals surface area contributed by atoms with E-state index in [0.29, 0.717) is 18.0 Å². The number of nitrogens with one attached hydrogen (secondary N) is 1. The number of hydrogen-bond donors (Lipinski definition) is 1. The summed E-state index contributed by atoms with van der Waals surface area (Å²) in [6, 6.07) is 7.78. The Hall–Kier alpha value is -2.50. The Morgan fingerprint density at radius 2 is 2.14 bits per heavy atom. The number of aromatic nitrogens is 2. The fourth-order valence-corrected chi connectivity index (χ4v) is 2.02. The van der Waals surface area contributed by atoms with Crippen LogP contribution >= 0.6 is 0 Å². The number of aryl methyl sites for hydroxylation is 1. The summed E-state index contributed by atoms with van der Waals surface area (Å²) >= 11 is 0. The molecule has 0 saturated carbocycles. The van der Waals surface area contributed by atoms with Gasteiger partial charge in [-0.1, -0.05) is 12.1 Å². The van der Waals surface area contributed by atoms with Crippen molar-refractivity contribution in [2.24, 2.45) is 7.05 Å². The molecular weight excluding hydrogens is 270 g/mol. The minimum atomic E-state index is -0.192. The third-order valence-corrected chi connectivity index (χ3v) is 3.07. The lowest BCUT2D eigenvalue weighted by Gasteiger charge is -2.06. The van der Waals surface area contributed by atoms with Gasteiger partial charge in [0.25, 0.3) is 5.91 Å². The number of carbonyl (C=O) groups excluding carboxylic acids is 1. The molecule has 112 valence electrons. The second-order valence-corrected chi connectivity index (χ2v) is 4.58.